The van der Waals surface area contributed by atoms with Gasteiger partial charge in [-0.05, 0) is 24.3 Å². The smallest absolute Gasteiger partial charge is 0.335 e. The monoisotopic (exact) mass is 384 g/mol. The molecule has 0 saturated heterocycles. The minimum atomic E-state index is -0.579. The fourth-order valence-electron chi connectivity index (χ4n) is 2.67. The maximum atomic E-state index is 11.6. The zero-order valence-electron chi connectivity index (χ0n) is 14.7. The van der Waals surface area contributed by atoms with Crippen molar-refractivity contribution in [3.8, 4) is 23.0 Å². The first-order valence-electron chi connectivity index (χ1n) is 7.82. The fraction of sp³-hybridized carbons (Fsp3) is 0.100. The average molecular weight is 384 g/mol. The van der Waals surface area contributed by atoms with E-state index in [1.165, 1.54) is 25.6 Å². The number of ether oxygens (including phenoxy) is 4. The first kappa shape index (κ1) is 18.5. The van der Waals surface area contributed by atoms with Gasteiger partial charge in [0.2, 0.25) is 0 Å². The Hall–Kier alpha value is -3.32. The van der Waals surface area contributed by atoms with Crippen molar-refractivity contribution in [1.82, 2.24) is 0 Å². The van der Waals surface area contributed by atoms with Crippen molar-refractivity contribution in [2.45, 2.75) is 0 Å². The molecule has 0 spiro atoms. The summed E-state index contributed by atoms with van der Waals surface area (Å²) >= 11 is 1.38. The Morgan fingerprint density at radius 1 is 0.815 bits per heavy atom. The van der Waals surface area contributed by atoms with E-state index in [-0.39, 0.29) is 0 Å². The van der Waals surface area contributed by atoms with Gasteiger partial charge in [-0.3, -0.25) is 0 Å². The summed E-state index contributed by atoms with van der Waals surface area (Å²) in [5.41, 5.74) is 0. The van der Waals surface area contributed by atoms with Gasteiger partial charge in [0.15, 0.2) is 23.0 Å². The number of thiophene rings is 1. The first-order valence-corrected chi connectivity index (χ1v) is 8.64. The number of hydrogen-bond donors (Lipinski definition) is 0. The van der Waals surface area contributed by atoms with Gasteiger partial charge in [0, 0.05) is 22.9 Å². The van der Waals surface area contributed by atoms with E-state index in [0.29, 0.717) is 23.0 Å². The maximum absolute atomic E-state index is 11.6. The SMILES string of the molecule is C=CC(=O)Oc1ccc2c(sc3c(OC)c(OC(=O)C=C)ccc32)c1OC. The minimum absolute atomic E-state index is 0.290. The Morgan fingerprint density at radius 3 is 1.56 bits per heavy atom. The minimum Gasteiger partial charge on any atom is -0.491 e. The predicted octanol–water partition coefficient (Wildman–Crippen LogP) is 4.25. The van der Waals surface area contributed by atoms with Gasteiger partial charge in [0.1, 0.15) is 0 Å². The number of fused-ring (bicyclic) bond motifs is 3. The largest absolute Gasteiger partial charge is 0.491 e. The topological polar surface area (TPSA) is 71.1 Å². The van der Waals surface area contributed by atoms with E-state index in [9.17, 15) is 9.59 Å². The van der Waals surface area contributed by atoms with Crippen molar-refractivity contribution < 1.29 is 28.5 Å². The standard InChI is InChI=1S/C20H16O6S/c1-5-15(21)25-13-9-7-11-12-8-10-14(26-16(22)6-2)18(24-4)20(12)27-19(11)17(13)23-3/h5-10H,1-2H2,3-4H3. The van der Waals surface area contributed by atoms with Crippen molar-refractivity contribution in [1.29, 1.82) is 0 Å². The highest BCUT2D eigenvalue weighted by Crippen LogP contribution is 2.49. The summed E-state index contributed by atoms with van der Waals surface area (Å²) in [4.78, 5) is 23.1. The van der Waals surface area contributed by atoms with Crippen molar-refractivity contribution in [2.24, 2.45) is 0 Å². The van der Waals surface area contributed by atoms with Crippen LogP contribution in [0.15, 0.2) is 49.6 Å². The Bertz CT molecular complexity index is 995. The van der Waals surface area contributed by atoms with Crippen molar-refractivity contribution in [3.05, 3.63) is 49.6 Å². The molecule has 0 atom stereocenters. The van der Waals surface area contributed by atoms with Gasteiger partial charge >= 0.3 is 11.9 Å². The first-order chi connectivity index (χ1) is 13.0. The second kappa shape index (κ2) is 7.51. The summed E-state index contributed by atoms with van der Waals surface area (Å²) in [6.07, 6.45) is 2.16. The van der Waals surface area contributed by atoms with Crippen LogP contribution in [-0.4, -0.2) is 26.2 Å². The molecule has 2 aromatic carbocycles. The number of carbonyl (C=O) groups is 2. The zero-order chi connectivity index (χ0) is 19.6. The Balaban J connectivity index is 2.25. The van der Waals surface area contributed by atoms with Crippen LogP contribution in [0.3, 0.4) is 0 Å². The van der Waals surface area contributed by atoms with Crippen molar-refractivity contribution >= 4 is 43.4 Å². The lowest BCUT2D eigenvalue weighted by molar-refractivity contribution is -0.129. The van der Waals surface area contributed by atoms with Crippen LogP contribution in [0.1, 0.15) is 0 Å². The van der Waals surface area contributed by atoms with Crippen LogP contribution in [-0.2, 0) is 9.59 Å². The van der Waals surface area contributed by atoms with E-state index < -0.39 is 11.9 Å². The molecule has 0 fully saturated rings. The zero-order valence-corrected chi connectivity index (χ0v) is 15.6. The molecule has 0 N–H and O–H groups in total. The number of esters is 2. The van der Waals surface area contributed by atoms with E-state index in [1.54, 1.807) is 12.1 Å². The van der Waals surface area contributed by atoms with Crippen LogP contribution in [0.25, 0.3) is 20.2 Å². The molecular formula is C20H16O6S. The molecule has 138 valence electrons. The summed E-state index contributed by atoms with van der Waals surface area (Å²) < 4.78 is 23.0. The molecule has 0 bridgehead atoms. The van der Waals surface area contributed by atoms with Gasteiger partial charge in [-0.15, -0.1) is 11.3 Å². The molecule has 0 saturated carbocycles. The Labute approximate surface area is 159 Å². The molecule has 0 unspecified atom stereocenters. The second-order valence-corrected chi connectivity index (χ2v) is 6.32. The van der Waals surface area contributed by atoms with Gasteiger partial charge in [-0.2, -0.15) is 0 Å². The summed E-state index contributed by atoms with van der Waals surface area (Å²) in [7, 11) is 3.00. The number of carbonyl (C=O) groups excluding carboxylic acids is 2. The average Bonchev–Trinajstić information content (AvgIpc) is 3.05. The normalized spacial score (nSPS) is 10.4. The highest BCUT2D eigenvalue weighted by molar-refractivity contribution is 7.26. The van der Waals surface area contributed by atoms with Crippen LogP contribution in [0, 0.1) is 0 Å². The summed E-state index contributed by atoms with van der Waals surface area (Å²) in [6.45, 7) is 6.79. The molecule has 0 aliphatic heterocycles. The van der Waals surface area contributed by atoms with Crippen molar-refractivity contribution in [3.63, 3.8) is 0 Å². The van der Waals surface area contributed by atoms with E-state index >= 15 is 0 Å². The van der Waals surface area contributed by atoms with E-state index in [4.69, 9.17) is 18.9 Å². The molecule has 7 heteroatoms. The summed E-state index contributed by atoms with van der Waals surface area (Å²) in [5, 5.41) is 1.79. The lowest BCUT2D eigenvalue weighted by atomic mass is 10.1. The number of benzene rings is 2. The van der Waals surface area contributed by atoms with Crippen LogP contribution in [0.2, 0.25) is 0 Å². The molecule has 1 aromatic heterocycles. The Morgan fingerprint density at radius 2 is 1.22 bits per heavy atom. The third kappa shape index (κ3) is 3.24. The van der Waals surface area contributed by atoms with E-state index in [0.717, 1.165) is 32.3 Å². The highest BCUT2D eigenvalue weighted by atomic mass is 32.1. The molecule has 3 rings (SSSR count). The Kier molecular flexibility index (Phi) is 5.14. The van der Waals surface area contributed by atoms with Crippen LogP contribution >= 0.6 is 11.3 Å². The molecule has 3 aromatic rings. The molecule has 0 aliphatic carbocycles. The number of rotatable bonds is 6. The third-order valence-electron chi connectivity index (χ3n) is 3.81. The molecule has 1 heterocycles. The number of methoxy groups -OCH3 is 2. The molecule has 0 aliphatic rings. The number of hydrogen-bond acceptors (Lipinski definition) is 7. The molecule has 27 heavy (non-hydrogen) atoms. The van der Waals surface area contributed by atoms with Crippen molar-refractivity contribution in [2.75, 3.05) is 14.2 Å². The van der Waals surface area contributed by atoms with Crippen LogP contribution < -0.4 is 18.9 Å². The quantitative estimate of drug-likeness (QED) is 0.359. The fourth-order valence-corrected chi connectivity index (χ4v) is 4.00. The van der Waals surface area contributed by atoms with Gasteiger partial charge in [-0.1, -0.05) is 13.2 Å². The van der Waals surface area contributed by atoms with Gasteiger partial charge < -0.3 is 18.9 Å². The molecular weight excluding hydrogens is 368 g/mol. The second-order valence-electron chi connectivity index (χ2n) is 5.30. The third-order valence-corrected chi connectivity index (χ3v) is 5.03. The van der Waals surface area contributed by atoms with E-state index in [2.05, 4.69) is 13.2 Å². The van der Waals surface area contributed by atoms with Crippen LogP contribution in [0.5, 0.6) is 23.0 Å². The lowest BCUT2D eigenvalue weighted by Gasteiger charge is -2.09. The summed E-state index contributed by atoms with van der Waals surface area (Å²) in [5.74, 6) is 0.276. The highest BCUT2D eigenvalue weighted by Gasteiger charge is 2.20. The lowest BCUT2D eigenvalue weighted by Crippen LogP contribution is -2.04. The van der Waals surface area contributed by atoms with Gasteiger partial charge in [0.25, 0.3) is 0 Å². The molecule has 0 amide bonds. The maximum Gasteiger partial charge on any atom is 0.335 e. The summed E-state index contributed by atoms with van der Waals surface area (Å²) in [6, 6.07) is 6.98. The van der Waals surface area contributed by atoms with Gasteiger partial charge in [0.05, 0.1) is 23.6 Å². The molecule has 6 nitrogen and oxygen atoms in total. The van der Waals surface area contributed by atoms with Gasteiger partial charge in [-0.25, -0.2) is 9.59 Å². The predicted molar refractivity (Wildman–Crippen MR) is 104 cm³/mol. The van der Waals surface area contributed by atoms with E-state index in [1.807, 2.05) is 12.1 Å². The van der Waals surface area contributed by atoms with Crippen LogP contribution in [0.4, 0.5) is 0 Å². The molecule has 0 radical (unpaired) electrons.